The van der Waals surface area contributed by atoms with Crippen LogP contribution in [-0.4, -0.2) is 16.7 Å². The van der Waals surface area contributed by atoms with Crippen molar-refractivity contribution >= 4 is 5.97 Å². The Hall–Kier alpha value is -1.35. The minimum absolute atomic E-state index is 0.0734. The highest BCUT2D eigenvalue weighted by Crippen LogP contribution is 2.14. The summed E-state index contributed by atoms with van der Waals surface area (Å²) in [4.78, 5) is 11.6. The molecule has 0 saturated heterocycles. The zero-order chi connectivity index (χ0) is 14.5. The van der Waals surface area contributed by atoms with Crippen molar-refractivity contribution < 1.29 is 14.6 Å². The first-order valence-electron chi connectivity index (χ1n) is 6.73. The highest BCUT2D eigenvalue weighted by Gasteiger charge is 2.15. The van der Waals surface area contributed by atoms with Crippen molar-refractivity contribution in [2.75, 3.05) is 0 Å². The summed E-state index contributed by atoms with van der Waals surface area (Å²) >= 11 is 0. The Bertz CT molecular complexity index is 430. The molecule has 0 radical (unpaired) electrons. The summed E-state index contributed by atoms with van der Waals surface area (Å²) in [5.74, 6) is -0.142. The first-order chi connectivity index (χ1) is 8.81. The van der Waals surface area contributed by atoms with Gasteiger partial charge in [0, 0.05) is 6.42 Å². The molecule has 0 bridgehead atoms. The molecular weight excluding hydrogens is 240 g/mol. The smallest absolute Gasteiger partial charge is 0.306 e. The predicted octanol–water partition coefficient (Wildman–Crippen LogP) is 3.15. The molecule has 0 aliphatic rings. The summed E-state index contributed by atoms with van der Waals surface area (Å²) in [7, 11) is 0. The summed E-state index contributed by atoms with van der Waals surface area (Å²) in [6.45, 7) is 7.69. The zero-order valence-corrected chi connectivity index (χ0v) is 12.3. The fourth-order valence-electron chi connectivity index (χ4n) is 1.92. The topological polar surface area (TPSA) is 46.5 Å². The van der Waals surface area contributed by atoms with E-state index in [0.717, 1.165) is 24.0 Å². The van der Waals surface area contributed by atoms with Gasteiger partial charge in [0.15, 0.2) is 0 Å². The van der Waals surface area contributed by atoms with Crippen LogP contribution in [0, 0.1) is 6.92 Å². The molecule has 1 aromatic carbocycles. The van der Waals surface area contributed by atoms with Crippen LogP contribution in [-0.2, 0) is 22.6 Å². The van der Waals surface area contributed by atoms with Crippen LogP contribution in [0.15, 0.2) is 18.2 Å². The summed E-state index contributed by atoms with van der Waals surface area (Å²) < 4.78 is 5.26. The Kier molecular flexibility index (Phi) is 5.55. The number of esters is 1. The van der Waals surface area contributed by atoms with E-state index in [4.69, 9.17) is 9.84 Å². The van der Waals surface area contributed by atoms with Crippen molar-refractivity contribution in [2.45, 2.75) is 59.2 Å². The monoisotopic (exact) mass is 264 g/mol. The second-order valence-corrected chi connectivity index (χ2v) is 5.86. The second-order valence-electron chi connectivity index (χ2n) is 5.86. The molecule has 0 aliphatic carbocycles. The minimum Gasteiger partial charge on any atom is -0.460 e. The highest BCUT2D eigenvalue weighted by molar-refractivity contribution is 5.69. The third kappa shape index (κ3) is 5.88. The Labute approximate surface area is 115 Å². The number of hydrogen-bond donors (Lipinski definition) is 1. The van der Waals surface area contributed by atoms with E-state index in [-0.39, 0.29) is 12.6 Å². The Morgan fingerprint density at radius 1 is 1.32 bits per heavy atom. The summed E-state index contributed by atoms with van der Waals surface area (Å²) in [6, 6.07) is 6.02. The van der Waals surface area contributed by atoms with E-state index < -0.39 is 5.60 Å². The maximum atomic E-state index is 11.6. The van der Waals surface area contributed by atoms with Crippen LogP contribution < -0.4 is 0 Å². The van der Waals surface area contributed by atoms with Gasteiger partial charge in [-0.2, -0.15) is 0 Å². The van der Waals surface area contributed by atoms with Gasteiger partial charge in [-0.1, -0.05) is 18.2 Å². The van der Waals surface area contributed by atoms with Gasteiger partial charge >= 0.3 is 5.97 Å². The predicted molar refractivity (Wildman–Crippen MR) is 75.9 cm³/mol. The van der Waals surface area contributed by atoms with E-state index in [1.165, 1.54) is 5.56 Å². The van der Waals surface area contributed by atoms with Gasteiger partial charge in [-0.3, -0.25) is 4.79 Å². The molecule has 0 atom stereocenters. The van der Waals surface area contributed by atoms with Gasteiger partial charge in [0.25, 0.3) is 0 Å². The van der Waals surface area contributed by atoms with E-state index in [0.29, 0.717) is 6.42 Å². The van der Waals surface area contributed by atoms with Gasteiger partial charge in [-0.25, -0.2) is 0 Å². The van der Waals surface area contributed by atoms with Crippen LogP contribution in [0.1, 0.15) is 50.3 Å². The van der Waals surface area contributed by atoms with Crippen molar-refractivity contribution in [1.29, 1.82) is 0 Å². The average Bonchev–Trinajstić information content (AvgIpc) is 2.26. The fourth-order valence-corrected chi connectivity index (χ4v) is 1.92. The molecule has 3 nitrogen and oxygen atoms in total. The quantitative estimate of drug-likeness (QED) is 0.831. The minimum atomic E-state index is -0.406. The maximum absolute atomic E-state index is 11.6. The lowest BCUT2D eigenvalue weighted by Gasteiger charge is -2.19. The van der Waals surface area contributed by atoms with E-state index in [9.17, 15) is 4.79 Å². The molecule has 1 rings (SSSR count). The van der Waals surface area contributed by atoms with Crippen LogP contribution >= 0.6 is 0 Å². The first kappa shape index (κ1) is 15.7. The standard InChI is InChI=1S/C16H24O3/c1-12-10-13(8-9-14(12)11-17)6-5-7-15(18)19-16(2,3)4/h8-10,17H,5-7,11H2,1-4H3. The van der Waals surface area contributed by atoms with Crippen molar-refractivity contribution in [3.63, 3.8) is 0 Å². The van der Waals surface area contributed by atoms with Gasteiger partial charge in [0.05, 0.1) is 6.61 Å². The molecule has 0 heterocycles. The third-order valence-electron chi connectivity index (χ3n) is 2.84. The number of aryl methyl sites for hydroxylation is 2. The SMILES string of the molecule is Cc1cc(CCCC(=O)OC(C)(C)C)ccc1CO. The molecule has 3 heteroatoms. The van der Waals surface area contributed by atoms with Crippen LogP contribution in [0.4, 0.5) is 0 Å². The van der Waals surface area contributed by atoms with E-state index >= 15 is 0 Å². The van der Waals surface area contributed by atoms with Gasteiger partial charge in [-0.05, 0) is 57.2 Å². The summed E-state index contributed by atoms with van der Waals surface area (Å²) in [5, 5.41) is 9.11. The molecule has 0 saturated carbocycles. The van der Waals surface area contributed by atoms with E-state index in [1.807, 2.05) is 39.8 Å². The molecule has 0 aromatic heterocycles. The Balaban J connectivity index is 2.41. The molecule has 0 spiro atoms. The third-order valence-corrected chi connectivity index (χ3v) is 2.84. The number of carbonyl (C=O) groups excluding carboxylic acids is 1. The highest BCUT2D eigenvalue weighted by atomic mass is 16.6. The lowest BCUT2D eigenvalue weighted by Crippen LogP contribution is -2.23. The van der Waals surface area contributed by atoms with Crippen LogP contribution in [0.5, 0.6) is 0 Å². The molecule has 1 aromatic rings. The van der Waals surface area contributed by atoms with Gasteiger partial charge in [0.2, 0.25) is 0 Å². The maximum Gasteiger partial charge on any atom is 0.306 e. The van der Waals surface area contributed by atoms with Crippen LogP contribution in [0.2, 0.25) is 0 Å². The molecule has 0 unspecified atom stereocenters. The largest absolute Gasteiger partial charge is 0.460 e. The van der Waals surface area contributed by atoms with Gasteiger partial charge in [-0.15, -0.1) is 0 Å². The van der Waals surface area contributed by atoms with Gasteiger partial charge < -0.3 is 9.84 Å². The molecule has 0 aliphatic heterocycles. The lowest BCUT2D eigenvalue weighted by molar-refractivity contribution is -0.154. The Morgan fingerprint density at radius 3 is 2.53 bits per heavy atom. The molecule has 106 valence electrons. The number of aliphatic hydroxyl groups is 1. The van der Waals surface area contributed by atoms with Crippen molar-refractivity contribution in [3.05, 3.63) is 34.9 Å². The number of carbonyl (C=O) groups is 1. The molecular formula is C16H24O3. The molecule has 0 amide bonds. The average molecular weight is 264 g/mol. The van der Waals surface area contributed by atoms with Crippen molar-refractivity contribution in [1.82, 2.24) is 0 Å². The number of hydrogen-bond acceptors (Lipinski definition) is 3. The van der Waals surface area contributed by atoms with E-state index in [1.54, 1.807) is 0 Å². The fraction of sp³-hybridized carbons (Fsp3) is 0.562. The Morgan fingerprint density at radius 2 is 2.00 bits per heavy atom. The van der Waals surface area contributed by atoms with Crippen LogP contribution in [0.3, 0.4) is 0 Å². The zero-order valence-electron chi connectivity index (χ0n) is 12.3. The number of benzene rings is 1. The second kappa shape index (κ2) is 6.71. The van der Waals surface area contributed by atoms with Crippen molar-refractivity contribution in [3.8, 4) is 0 Å². The first-order valence-corrected chi connectivity index (χ1v) is 6.73. The molecule has 19 heavy (non-hydrogen) atoms. The number of ether oxygens (including phenoxy) is 1. The lowest BCUT2D eigenvalue weighted by atomic mass is 10.0. The molecule has 1 N–H and O–H groups in total. The summed E-state index contributed by atoms with van der Waals surface area (Å²) in [6.07, 6.45) is 2.08. The van der Waals surface area contributed by atoms with Gasteiger partial charge in [0.1, 0.15) is 5.60 Å². The van der Waals surface area contributed by atoms with Crippen molar-refractivity contribution in [2.24, 2.45) is 0 Å². The summed E-state index contributed by atoms with van der Waals surface area (Å²) in [5.41, 5.74) is 2.84. The van der Waals surface area contributed by atoms with Crippen LogP contribution in [0.25, 0.3) is 0 Å². The normalized spacial score (nSPS) is 11.4. The number of rotatable bonds is 5. The number of aliphatic hydroxyl groups excluding tert-OH is 1. The molecule has 0 fully saturated rings. The van der Waals surface area contributed by atoms with E-state index in [2.05, 4.69) is 6.07 Å².